The van der Waals surface area contributed by atoms with E-state index in [9.17, 15) is 4.79 Å². The summed E-state index contributed by atoms with van der Waals surface area (Å²) in [6.07, 6.45) is 1.95. The lowest BCUT2D eigenvalue weighted by molar-refractivity contribution is -0.115. The lowest BCUT2D eigenvalue weighted by Gasteiger charge is -2.12. The first-order valence-electron chi connectivity index (χ1n) is 10.0. The molecule has 5 nitrogen and oxygen atoms in total. The van der Waals surface area contributed by atoms with Crippen LogP contribution < -0.4 is 10.1 Å². The van der Waals surface area contributed by atoms with Gasteiger partial charge >= 0.3 is 0 Å². The van der Waals surface area contributed by atoms with E-state index < -0.39 is 0 Å². The number of methoxy groups -OCH3 is 1. The molecular formula is C26H23N3O2. The topological polar surface area (TPSA) is 64.1 Å². The molecule has 0 spiro atoms. The van der Waals surface area contributed by atoms with E-state index in [1.165, 1.54) is 0 Å². The van der Waals surface area contributed by atoms with Crippen molar-refractivity contribution >= 4 is 11.7 Å². The van der Waals surface area contributed by atoms with E-state index in [1.807, 2.05) is 85.8 Å². The van der Waals surface area contributed by atoms with Gasteiger partial charge in [0.2, 0.25) is 5.91 Å². The van der Waals surface area contributed by atoms with Crippen molar-refractivity contribution < 1.29 is 9.53 Å². The van der Waals surface area contributed by atoms with Crippen molar-refractivity contribution in [2.24, 2.45) is 0 Å². The van der Waals surface area contributed by atoms with Gasteiger partial charge in [0.1, 0.15) is 11.4 Å². The van der Waals surface area contributed by atoms with Crippen LogP contribution in [0.3, 0.4) is 0 Å². The third kappa shape index (κ3) is 4.95. The molecule has 154 valence electrons. The third-order valence-corrected chi connectivity index (χ3v) is 4.95. The first-order chi connectivity index (χ1) is 15.1. The van der Waals surface area contributed by atoms with E-state index in [4.69, 9.17) is 9.72 Å². The number of anilines is 1. The molecule has 0 aliphatic carbocycles. The van der Waals surface area contributed by atoms with Crippen LogP contribution in [0.15, 0.2) is 85.1 Å². The number of benzene rings is 3. The average molecular weight is 409 g/mol. The molecule has 1 N–H and O–H groups in total. The van der Waals surface area contributed by atoms with Crippen LogP contribution in [0.5, 0.6) is 5.75 Å². The number of carbonyl (C=O) groups is 1. The van der Waals surface area contributed by atoms with Crippen molar-refractivity contribution in [1.29, 1.82) is 0 Å². The standard InChI is InChI=1S/C26H23N3O2/c1-18-8-10-19(11-9-18)16-24(30)29-26-25(21-6-4-3-5-7-21)28-23(17-27-26)20-12-14-22(31-2)15-13-20/h3-15,17H,16H2,1-2H3,(H,27,29,30). The third-order valence-electron chi connectivity index (χ3n) is 4.95. The van der Waals surface area contributed by atoms with Crippen LogP contribution >= 0.6 is 0 Å². The van der Waals surface area contributed by atoms with Gasteiger partial charge in [-0.3, -0.25) is 4.79 Å². The van der Waals surface area contributed by atoms with Gasteiger partial charge in [0, 0.05) is 11.1 Å². The Morgan fingerprint density at radius 2 is 1.61 bits per heavy atom. The van der Waals surface area contributed by atoms with Crippen molar-refractivity contribution in [3.8, 4) is 28.3 Å². The Morgan fingerprint density at radius 1 is 0.903 bits per heavy atom. The molecule has 0 saturated carbocycles. The number of carbonyl (C=O) groups excluding carboxylic acids is 1. The minimum Gasteiger partial charge on any atom is -0.497 e. The normalized spacial score (nSPS) is 10.5. The molecule has 0 aliphatic rings. The molecule has 4 rings (SSSR count). The van der Waals surface area contributed by atoms with Gasteiger partial charge in [0.05, 0.1) is 25.4 Å². The van der Waals surface area contributed by atoms with Crippen LogP contribution in [0.4, 0.5) is 5.82 Å². The summed E-state index contributed by atoms with van der Waals surface area (Å²) in [6.45, 7) is 2.02. The van der Waals surface area contributed by atoms with Gasteiger partial charge in [-0.1, -0.05) is 60.2 Å². The largest absolute Gasteiger partial charge is 0.497 e. The Balaban J connectivity index is 1.64. The van der Waals surface area contributed by atoms with Gasteiger partial charge in [0.25, 0.3) is 0 Å². The van der Waals surface area contributed by atoms with Crippen molar-refractivity contribution in [1.82, 2.24) is 9.97 Å². The number of aryl methyl sites for hydroxylation is 1. The zero-order chi connectivity index (χ0) is 21.6. The van der Waals surface area contributed by atoms with Crippen molar-refractivity contribution in [2.75, 3.05) is 12.4 Å². The fourth-order valence-corrected chi connectivity index (χ4v) is 3.25. The molecule has 0 radical (unpaired) electrons. The summed E-state index contributed by atoms with van der Waals surface area (Å²) >= 11 is 0. The second-order valence-corrected chi connectivity index (χ2v) is 7.26. The summed E-state index contributed by atoms with van der Waals surface area (Å²) in [5, 5.41) is 2.94. The number of aromatic nitrogens is 2. The summed E-state index contributed by atoms with van der Waals surface area (Å²) < 4.78 is 5.23. The minimum absolute atomic E-state index is 0.132. The second-order valence-electron chi connectivity index (χ2n) is 7.26. The smallest absolute Gasteiger partial charge is 0.230 e. The number of amides is 1. The first kappa shape index (κ1) is 20.3. The zero-order valence-corrected chi connectivity index (χ0v) is 17.5. The summed E-state index contributed by atoms with van der Waals surface area (Å²) in [6, 6.07) is 25.3. The molecule has 1 amide bonds. The molecule has 0 saturated heterocycles. The van der Waals surface area contributed by atoms with Gasteiger partial charge in [-0.15, -0.1) is 0 Å². The predicted molar refractivity (Wildman–Crippen MR) is 123 cm³/mol. The number of nitrogens with zero attached hydrogens (tertiary/aromatic N) is 2. The minimum atomic E-state index is -0.132. The van der Waals surface area contributed by atoms with Gasteiger partial charge in [-0.2, -0.15) is 0 Å². The first-order valence-corrected chi connectivity index (χ1v) is 10.0. The van der Waals surface area contributed by atoms with Crippen molar-refractivity contribution in [3.63, 3.8) is 0 Å². The van der Waals surface area contributed by atoms with Crippen LogP contribution in [0.2, 0.25) is 0 Å². The number of rotatable bonds is 6. The summed E-state index contributed by atoms with van der Waals surface area (Å²) in [5.74, 6) is 1.09. The predicted octanol–water partition coefficient (Wildman–Crippen LogP) is 5.31. The summed E-state index contributed by atoms with van der Waals surface area (Å²) in [4.78, 5) is 22.0. The SMILES string of the molecule is COc1ccc(-c2cnc(NC(=O)Cc3ccc(C)cc3)c(-c3ccccc3)n2)cc1. The van der Waals surface area contributed by atoms with Crippen LogP contribution in [0.1, 0.15) is 11.1 Å². The molecule has 1 aromatic heterocycles. The van der Waals surface area contributed by atoms with E-state index in [2.05, 4.69) is 10.3 Å². The fraction of sp³-hybridized carbons (Fsp3) is 0.115. The molecule has 0 unspecified atom stereocenters. The maximum absolute atomic E-state index is 12.7. The molecule has 5 heteroatoms. The molecule has 0 aliphatic heterocycles. The average Bonchev–Trinajstić information content (AvgIpc) is 2.81. The fourth-order valence-electron chi connectivity index (χ4n) is 3.25. The Labute approximate surface area is 181 Å². The van der Waals surface area contributed by atoms with E-state index in [-0.39, 0.29) is 12.3 Å². The Bertz CT molecular complexity index is 1170. The van der Waals surface area contributed by atoms with E-state index in [0.717, 1.165) is 33.7 Å². The Morgan fingerprint density at radius 3 is 2.29 bits per heavy atom. The van der Waals surface area contributed by atoms with Gasteiger partial charge in [-0.05, 0) is 36.8 Å². The van der Waals surface area contributed by atoms with E-state index in [1.54, 1.807) is 13.3 Å². The van der Waals surface area contributed by atoms with Crippen LogP contribution in [-0.4, -0.2) is 23.0 Å². The highest BCUT2D eigenvalue weighted by Crippen LogP contribution is 2.28. The molecule has 4 aromatic rings. The number of hydrogen-bond donors (Lipinski definition) is 1. The molecule has 0 fully saturated rings. The van der Waals surface area contributed by atoms with Crippen LogP contribution in [0.25, 0.3) is 22.5 Å². The van der Waals surface area contributed by atoms with Crippen LogP contribution in [-0.2, 0) is 11.2 Å². The molecule has 1 heterocycles. The Kier molecular flexibility index (Phi) is 6.03. The lowest BCUT2D eigenvalue weighted by atomic mass is 10.1. The zero-order valence-electron chi connectivity index (χ0n) is 17.5. The second kappa shape index (κ2) is 9.22. The summed E-state index contributed by atoms with van der Waals surface area (Å²) in [7, 11) is 1.64. The number of hydrogen-bond acceptors (Lipinski definition) is 4. The highest BCUT2D eigenvalue weighted by molar-refractivity contribution is 5.94. The Hall–Kier alpha value is -3.99. The molecule has 0 atom stereocenters. The quantitative estimate of drug-likeness (QED) is 0.469. The van der Waals surface area contributed by atoms with Gasteiger partial charge < -0.3 is 10.1 Å². The molecule has 0 bridgehead atoms. The van der Waals surface area contributed by atoms with Crippen molar-refractivity contribution in [2.45, 2.75) is 13.3 Å². The number of ether oxygens (including phenoxy) is 1. The number of nitrogens with one attached hydrogen (secondary N) is 1. The van der Waals surface area contributed by atoms with Crippen LogP contribution in [0, 0.1) is 6.92 Å². The van der Waals surface area contributed by atoms with Gasteiger partial charge in [-0.25, -0.2) is 9.97 Å². The summed E-state index contributed by atoms with van der Waals surface area (Å²) in [5.41, 5.74) is 5.27. The van der Waals surface area contributed by atoms with E-state index >= 15 is 0 Å². The highest BCUT2D eigenvalue weighted by atomic mass is 16.5. The maximum Gasteiger partial charge on any atom is 0.230 e. The monoisotopic (exact) mass is 409 g/mol. The molecule has 3 aromatic carbocycles. The molecule has 31 heavy (non-hydrogen) atoms. The lowest BCUT2D eigenvalue weighted by Crippen LogP contribution is -2.16. The van der Waals surface area contributed by atoms with Gasteiger partial charge in [0.15, 0.2) is 5.82 Å². The molecular weight excluding hydrogens is 386 g/mol. The van der Waals surface area contributed by atoms with Crippen molar-refractivity contribution in [3.05, 3.63) is 96.2 Å². The maximum atomic E-state index is 12.7. The van der Waals surface area contributed by atoms with E-state index in [0.29, 0.717) is 11.5 Å². The highest BCUT2D eigenvalue weighted by Gasteiger charge is 2.14.